The second kappa shape index (κ2) is 7.43. The molecule has 3 aliphatic heterocycles. The van der Waals surface area contributed by atoms with E-state index in [0.717, 1.165) is 6.04 Å². The normalized spacial score (nSPS) is 31.6. The van der Waals surface area contributed by atoms with E-state index in [1.807, 2.05) is 0 Å². The number of rotatable bonds is 5. The predicted octanol–water partition coefficient (Wildman–Crippen LogP) is 2.72. The first-order chi connectivity index (χ1) is 10.3. The summed E-state index contributed by atoms with van der Waals surface area (Å²) in [5.74, 6) is 0. The van der Waals surface area contributed by atoms with Crippen LogP contribution in [0.25, 0.3) is 0 Å². The van der Waals surface area contributed by atoms with Gasteiger partial charge in [0, 0.05) is 19.1 Å². The molecule has 0 spiro atoms. The molecule has 3 fully saturated rings. The van der Waals surface area contributed by atoms with E-state index in [9.17, 15) is 0 Å². The molecule has 0 aliphatic carbocycles. The highest BCUT2D eigenvalue weighted by Crippen LogP contribution is 2.36. The van der Waals surface area contributed by atoms with Crippen molar-refractivity contribution >= 4 is 0 Å². The van der Waals surface area contributed by atoms with Crippen LogP contribution in [0.5, 0.6) is 0 Å². The van der Waals surface area contributed by atoms with Gasteiger partial charge in [-0.2, -0.15) is 0 Å². The summed E-state index contributed by atoms with van der Waals surface area (Å²) < 4.78 is 0. The highest BCUT2D eigenvalue weighted by Gasteiger charge is 2.36. The Morgan fingerprint density at radius 3 is 2.52 bits per heavy atom. The molecule has 0 amide bonds. The Kier molecular flexibility index (Phi) is 5.58. The lowest BCUT2D eigenvalue weighted by molar-refractivity contribution is 0.104. The summed E-state index contributed by atoms with van der Waals surface area (Å²) >= 11 is 0. The molecule has 1 unspecified atom stereocenters. The van der Waals surface area contributed by atoms with Crippen molar-refractivity contribution in [1.29, 1.82) is 0 Å². The molecule has 3 nitrogen and oxygen atoms in total. The molecular weight excluding hydrogens is 258 g/mol. The van der Waals surface area contributed by atoms with Crippen molar-refractivity contribution in [3.8, 4) is 0 Å². The maximum Gasteiger partial charge on any atom is 0.0235 e. The molecule has 3 aliphatic rings. The van der Waals surface area contributed by atoms with E-state index in [1.165, 1.54) is 97.2 Å². The zero-order chi connectivity index (χ0) is 14.5. The van der Waals surface area contributed by atoms with Gasteiger partial charge in [0.05, 0.1) is 0 Å². The largest absolute Gasteiger partial charge is 0.317 e. The number of piperidine rings is 2. The van der Waals surface area contributed by atoms with Gasteiger partial charge < -0.3 is 10.2 Å². The number of nitrogens with zero attached hydrogens (tertiary/aromatic N) is 2. The van der Waals surface area contributed by atoms with Gasteiger partial charge >= 0.3 is 0 Å². The maximum atomic E-state index is 3.56. The highest BCUT2D eigenvalue weighted by atomic mass is 15.3. The summed E-state index contributed by atoms with van der Waals surface area (Å²) in [5.41, 5.74) is 0.622. The molecule has 3 rings (SSSR count). The number of likely N-dealkylation sites (tertiary alicyclic amines) is 2. The van der Waals surface area contributed by atoms with E-state index in [4.69, 9.17) is 0 Å². The lowest BCUT2D eigenvalue weighted by Crippen LogP contribution is -2.46. The third-order valence-corrected chi connectivity index (χ3v) is 6.16. The molecule has 0 aromatic carbocycles. The van der Waals surface area contributed by atoms with E-state index in [2.05, 4.69) is 22.0 Å². The lowest BCUT2D eigenvalue weighted by Gasteiger charge is -2.41. The first kappa shape index (κ1) is 15.8. The van der Waals surface area contributed by atoms with E-state index in [-0.39, 0.29) is 0 Å². The Balaban J connectivity index is 1.52. The summed E-state index contributed by atoms with van der Waals surface area (Å²) in [7, 11) is 0. The molecule has 3 saturated heterocycles. The molecule has 0 aromatic heterocycles. The van der Waals surface area contributed by atoms with Gasteiger partial charge in [0.1, 0.15) is 0 Å². The number of hydrogen-bond acceptors (Lipinski definition) is 3. The summed E-state index contributed by atoms with van der Waals surface area (Å²) in [5, 5.41) is 3.56. The third-order valence-electron chi connectivity index (χ3n) is 6.16. The first-order valence-corrected chi connectivity index (χ1v) is 9.48. The quantitative estimate of drug-likeness (QED) is 0.841. The van der Waals surface area contributed by atoms with Crippen LogP contribution in [0.15, 0.2) is 0 Å². The Labute approximate surface area is 131 Å². The van der Waals surface area contributed by atoms with Crippen molar-refractivity contribution in [2.75, 3.05) is 45.8 Å². The SMILES string of the molecule is CCCC1(CN2CCC(N3CCCCC3)C2)CCNCC1. The van der Waals surface area contributed by atoms with Crippen LogP contribution >= 0.6 is 0 Å². The van der Waals surface area contributed by atoms with Crippen LogP contribution in [0.3, 0.4) is 0 Å². The number of nitrogens with one attached hydrogen (secondary N) is 1. The molecular formula is C18H35N3. The molecule has 1 atom stereocenters. The zero-order valence-electron chi connectivity index (χ0n) is 14.1. The van der Waals surface area contributed by atoms with Crippen molar-refractivity contribution in [2.45, 2.75) is 64.3 Å². The topological polar surface area (TPSA) is 18.5 Å². The van der Waals surface area contributed by atoms with Crippen LogP contribution in [0.1, 0.15) is 58.3 Å². The maximum absolute atomic E-state index is 3.56. The lowest BCUT2D eigenvalue weighted by atomic mass is 9.75. The zero-order valence-corrected chi connectivity index (χ0v) is 14.1. The Morgan fingerprint density at radius 1 is 1.05 bits per heavy atom. The minimum Gasteiger partial charge on any atom is -0.317 e. The van der Waals surface area contributed by atoms with Crippen molar-refractivity contribution in [3.63, 3.8) is 0 Å². The van der Waals surface area contributed by atoms with E-state index >= 15 is 0 Å². The van der Waals surface area contributed by atoms with Crippen LogP contribution in [0.4, 0.5) is 0 Å². The van der Waals surface area contributed by atoms with Crippen molar-refractivity contribution in [2.24, 2.45) is 5.41 Å². The van der Waals surface area contributed by atoms with Gasteiger partial charge in [0.2, 0.25) is 0 Å². The Hall–Kier alpha value is -0.120. The molecule has 0 saturated carbocycles. The minimum absolute atomic E-state index is 0.622. The van der Waals surface area contributed by atoms with Crippen LogP contribution < -0.4 is 5.32 Å². The summed E-state index contributed by atoms with van der Waals surface area (Å²) in [6, 6.07) is 0.866. The van der Waals surface area contributed by atoms with Gasteiger partial charge in [-0.15, -0.1) is 0 Å². The highest BCUT2D eigenvalue weighted by molar-refractivity contribution is 4.92. The van der Waals surface area contributed by atoms with Crippen LogP contribution in [-0.2, 0) is 0 Å². The van der Waals surface area contributed by atoms with Gasteiger partial charge in [-0.1, -0.05) is 19.8 Å². The second-order valence-electron chi connectivity index (χ2n) is 7.77. The number of hydrogen-bond donors (Lipinski definition) is 1. The summed E-state index contributed by atoms with van der Waals surface area (Å²) in [4.78, 5) is 5.60. The predicted molar refractivity (Wildman–Crippen MR) is 89.7 cm³/mol. The molecule has 3 heteroatoms. The van der Waals surface area contributed by atoms with E-state index in [0.29, 0.717) is 5.41 Å². The molecule has 21 heavy (non-hydrogen) atoms. The van der Waals surface area contributed by atoms with Crippen molar-refractivity contribution in [3.05, 3.63) is 0 Å². The van der Waals surface area contributed by atoms with Gasteiger partial charge in [-0.25, -0.2) is 0 Å². The fourth-order valence-electron chi connectivity index (χ4n) is 4.99. The molecule has 0 radical (unpaired) electrons. The first-order valence-electron chi connectivity index (χ1n) is 9.48. The summed E-state index contributed by atoms with van der Waals surface area (Å²) in [6.45, 7) is 11.6. The van der Waals surface area contributed by atoms with Crippen LogP contribution in [0, 0.1) is 5.41 Å². The fraction of sp³-hybridized carbons (Fsp3) is 1.00. The van der Waals surface area contributed by atoms with Crippen LogP contribution in [0.2, 0.25) is 0 Å². The molecule has 1 N–H and O–H groups in total. The third kappa shape index (κ3) is 4.00. The van der Waals surface area contributed by atoms with Crippen LogP contribution in [-0.4, -0.2) is 61.7 Å². The van der Waals surface area contributed by atoms with Crippen molar-refractivity contribution < 1.29 is 0 Å². The molecule has 122 valence electrons. The standard InChI is InChI=1S/C18H35N3/c1-2-7-18(8-10-19-11-9-18)16-20-14-6-17(15-20)21-12-4-3-5-13-21/h17,19H,2-16H2,1H3. The minimum atomic E-state index is 0.622. The second-order valence-corrected chi connectivity index (χ2v) is 7.77. The van der Waals surface area contributed by atoms with Gasteiger partial charge in [0.15, 0.2) is 0 Å². The average Bonchev–Trinajstić information content (AvgIpc) is 2.97. The average molecular weight is 293 g/mol. The smallest absolute Gasteiger partial charge is 0.0235 e. The van der Waals surface area contributed by atoms with E-state index < -0.39 is 0 Å². The van der Waals surface area contributed by atoms with E-state index in [1.54, 1.807) is 0 Å². The Morgan fingerprint density at radius 2 is 1.81 bits per heavy atom. The molecule has 0 bridgehead atoms. The van der Waals surface area contributed by atoms with Gasteiger partial charge in [-0.3, -0.25) is 4.90 Å². The fourth-order valence-corrected chi connectivity index (χ4v) is 4.99. The van der Waals surface area contributed by atoms with Crippen molar-refractivity contribution in [1.82, 2.24) is 15.1 Å². The van der Waals surface area contributed by atoms with Gasteiger partial charge in [-0.05, 0) is 76.7 Å². The Bertz CT molecular complexity index is 300. The molecule has 0 aromatic rings. The summed E-state index contributed by atoms with van der Waals surface area (Å²) in [6.07, 6.45) is 11.3. The van der Waals surface area contributed by atoms with Gasteiger partial charge in [0.25, 0.3) is 0 Å². The monoisotopic (exact) mass is 293 g/mol. The molecule has 3 heterocycles.